The molecule has 0 atom stereocenters. The number of likely N-dealkylation sites (tertiary alicyclic amines) is 1. The normalized spacial score (nSPS) is 17.9. The number of ether oxygens (including phenoxy) is 1. The predicted octanol–water partition coefficient (Wildman–Crippen LogP) is 0.602. The molecular weight excluding hydrogens is 275 g/mol. The van der Waals surface area contributed by atoms with Crippen LogP contribution in [0.3, 0.4) is 0 Å². The van der Waals surface area contributed by atoms with Crippen molar-refractivity contribution in [2.45, 2.75) is 24.9 Å². The van der Waals surface area contributed by atoms with E-state index < -0.39 is 15.4 Å². The molecule has 1 fully saturated rings. The Bertz CT molecular complexity index is 497. The summed E-state index contributed by atoms with van der Waals surface area (Å²) in [6.45, 7) is 4.96. The van der Waals surface area contributed by atoms with E-state index in [0.717, 1.165) is 11.2 Å². The zero-order valence-electron chi connectivity index (χ0n) is 11.4. The van der Waals surface area contributed by atoms with Gasteiger partial charge in [-0.1, -0.05) is 3.89 Å². The van der Waals surface area contributed by atoms with Gasteiger partial charge in [-0.3, -0.25) is 5.10 Å². The number of H-pyrrole nitrogens is 1. The van der Waals surface area contributed by atoms with Crippen molar-refractivity contribution in [3.63, 3.8) is 0 Å². The number of aromatic nitrogens is 3. The van der Waals surface area contributed by atoms with E-state index in [4.69, 9.17) is 4.74 Å². The first-order chi connectivity index (χ1) is 8.77. The molecule has 0 aliphatic carbocycles. The van der Waals surface area contributed by atoms with E-state index in [-0.39, 0.29) is 5.82 Å². The van der Waals surface area contributed by atoms with Gasteiger partial charge < -0.3 is 9.22 Å². The van der Waals surface area contributed by atoms with Crippen molar-refractivity contribution in [1.29, 1.82) is 0 Å². The predicted molar refractivity (Wildman–Crippen MR) is 66.4 cm³/mol. The van der Waals surface area contributed by atoms with Gasteiger partial charge in [-0.25, -0.2) is 4.98 Å². The summed E-state index contributed by atoms with van der Waals surface area (Å²) >= 11 is 0. The average molecular weight is 295 g/mol. The van der Waals surface area contributed by atoms with Crippen LogP contribution in [0.1, 0.15) is 18.7 Å². The third-order valence-electron chi connectivity index (χ3n) is 2.88. The molecule has 1 aliphatic rings. The quantitative estimate of drug-likeness (QED) is 0.652. The zero-order valence-corrected chi connectivity index (χ0v) is 12.2. The molecule has 1 aromatic rings. The molecule has 9 heteroatoms. The maximum absolute atomic E-state index is 12.0. The molecule has 19 heavy (non-hydrogen) atoms. The number of quaternary nitrogens is 1. The third kappa shape index (κ3) is 5.21. The van der Waals surface area contributed by atoms with Crippen LogP contribution in [-0.4, -0.2) is 62.1 Å². The summed E-state index contributed by atoms with van der Waals surface area (Å²) in [4.78, 5) is 3.25. The maximum atomic E-state index is 12.0. The van der Waals surface area contributed by atoms with Crippen molar-refractivity contribution in [1.82, 2.24) is 15.2 Å². The highest BCUT2D eigenvalue weighted by Crippen LogP contribution is 2.15. The largest absolute Gasteiger partial charge is 0.369 e. The summed E-state index contributed by atoms with van der Waals surface area (Å²) < 4.78 is 38.3. The van der Waals surface area contributed by atoms with Crippen LogP contribution in [0.15, 0.2) is 5.16 Å². The molecule has 2 rings (SSSR count). The number of halogens is 1. The van der Waals surface area contributed by atoms with Gasteiger partial charge in [-0.2, -0.15) is 8.42 Å². The van der Waals surface area contributed by atoms with Crippen molar-refractivity contribution in [3.05, 3.63) is 5.82 Å². The van der Waals surface area contributed by atoms with Gasteiger partial charge >= 0.3 is 10.2 Å². The Hall–Kier alpha value is -1.06. The Morgan fingerprint density at radius 1 is 1.42 bits per heavy atom. The van der Waals surface area contributed by atoms with Gasteiger partial charge in [0.25, 0.3) is 5.16 Å². The molecule has 0 aromatic carbocycles. The van der Waals surface area contributed by atoms with Crippen molar-refractivity contribution < 1.29 is 21.5 Å². The molecule has 0 bridgehead atoms. The van der Waals surface area contributed by atoms with Crippen LogP contribution in [0.4, 0.5) is 3.89 Å². The summed E-state index contributed by atoms with van der Waals surface area (Å²) in [6, 6.07) is 0. The first kappa shape index (κ1) is 16.0. The molecule has 2 heterocycles. The number of hydrogen-bond acceptors (Lipinski definition) is 5. The van der Waals surface area contributed by atoms with E-state index in [2.05, 4.69) is 22.2 Å². The highest BCUT2D eigenvalue weighted by Gasteiger charge is 2.25. The molecular formula is C10H20FN4O3S+. The third-order valence-corrected chi connectivity index (χ3v) is 3.50. The smallest absolute Gasteiger partial charge is 0.335 e. The van der Waals surface area contributed by atoms with E-state index in [0.29, 0.717) is 0 Å². The van der Waals surface area contributed by atoms with Crippen molar-refractivity contribution in [3.8, 4) is 0 Å². The molecule has 1 saturated heterocycles. The summed E-state index contributed by atoms with van der Waals surface area (Å²) in [7, 11) is -0.695. The van der Waals surface area contributed by atoms with Gasteiger partial charge in [-0.15, -0.1) is 5.10 Å². The second-order valence-electron chi connectivity index (χ2n) is 4.83. The molecule has 0 amide bonds. The minimum atomic E-state index is -4.74. The minimum absolute atomic E-state index is 0.260. The SMILES string of the molecule is COC[N+]1(C)CCCC1.Cc1nc(S(=O)(=O)F)n[nH]1. The summed E-state index contributed by atoms with van der Waals surface area (Å²) in [5, 5.41) is 4.47. The van der Waals surface area contributed by atoms with Crippen molar-refractivity contribution >= 4 is 10.2 Å². The molecule has 0 unspecified atom stereocenters. The zero-order chi connectivity index (χ0) is 14.5. The lowest BCUT2D eigenvalue weighted by atomic mass is 10.4. The summed E-state index contributed by atoms with van der Waals surface area (Å²) in [5.74, 6) is 0.260. The van der Waals surface area contributed by atoms with E-state index in [9.17, 15) is 12.3 Å². The molecule has 0 saturated carbocycles. The Morgan fingerprint density at radius 3 is 2.32 bits per heavy atom. The van der Waals surface area contributed by atoms with Crippen LogP contribution in [-0.2, 0) is 15.0 Å². The number of rotatable bonds is 3. The molecule has 0 spiro atoms. The van der Waals surface area contributed by atoms with Crippen molar-refractivity contribution in [2.24, 2.45) is 0 Å². The molecule has 110 valence electrons. The van der Waals surface area contributed by atoms with Gasteiger partial charge in [0.2, 0.25) is 0 Å². The van der Waals surface area contributed by atoms with Crippen molar-refractivity contribution in [2.75, 3.05) is 34.0 Å². The van der Waals surface area contributed by atoms with E-state index >= 15 is 0 Å². The first-order valence-corrected chi connectivity index (χ1v) is 7.31. The minimum Gasteiger partial charge on any atom is -0.335 e. The number of nitrogens with one attached hydrogen (secondary N) is 1. The van der Waals surface area contributed by atoms with Gasteiger partial charge in [0, 0.05) is 20.0 Å². The van der Waals surface area contributed by atoms with Crippen LogP contribution >= 0.6 is 0 Å². The van der Waals surface area contributed by atoms with Crippen LogP contribution < -0.4 is 0 Å². The van der Waals surface area contributed by atoms with E-state index in [1.807, 2.05) is 0 Å². The molecule has 7 nitrogen and oxygen atoms in total. The average Bonchev–Trinajstić information content (AvgIpc) is 2.88. The van der Waals surface area contributed by atoms with E-state index in [1.54, 1.807) is 7.11 Å². The van der Waals surface area contributed by atoms with Gasteiger partial charge in [0.1, 0.15) is 5.82 Å². The second-order valence-corrected chi connectivity index (χ2v) is 6.07. The van der Waals surface area contributed by atoms with Gasteiger partial charge in [-0.05, 0) is 6.92 Å². The first-order valence-electron chi connectivity index (χ1n) is 5.93. The lowest BCUT2D eigenvalue weighted by Crippen LogP contribution is -2.42. The Labute approximate surface area is 112 Å². The molecule has 1 aliphatic heterocycles. The molecule has 0 radical (unpaired) electrons. The highest BCUT2D eigenvalue weighted by molar-refractivity contribution is 7.86. The Morgan fingerprint density at radius 2 is 2.00 bits per heavy atom. The van der Waals surface area contributed by atoms with Crippen LogP contribution in [0.2, 0.25) is 0 Å². The maximum Gasteiger partial charge on any atom is 0.369 e. The standard InChI is InChI=1S/C7H16NO.C3H4FN3O2S/c1-8(7-9-2)5-3-4-6-8;1-2-5-3(7-6-2)10(4,8)9/h3-7H2,1-2H3;1H3,(H,5,6,7)/q+1;. The monoisotopic (exact) mass is 295 g/mol. The fraction of sp³-hybridized carbons (Fsp3) is 0.800. The summed E-state index contributed by atoms with van der Waals surface area (Å²) in [6.07, 6.45) is 2.75. The van der Waals surface area contributed by atoms with Crippen LogP contribution in [0.25, 0.3) is 0 Å². The number of methoxy groups -OCH3 is 1. The highest BCUT2D eigenvalue weighted by atomic mass is 32.3. The lowest BCUT2D eigenvalue weighted by Gasteiger charge is -2.27. The van der Waals surface area contributed by atoms with Crippen LogP contribution in [0.5, 0.6) is 0 Å². The fourth-order valence-electron chi connectivity index (χ4n) is 1.97. The fourth-order valence-corrected chi connectivity index (χ4v) is 2.37. The second kappa shape index (κ2) is 6.40. The summed E-state index contributed by atoms with van der Waals surface area (Å²) in [5.41, 5.74) is 0. The van der Waals surface area contributed by atoms with Gasteiger partial charge in [0.05, 0.1) is 20.1 Å². The topological polar surface area (TPSA) is 84.9 Å². The lowest BCUT2D eigenvalue weighted by molar-refractivity contribution is -0.916. The Kier molecular flexibility index (Phi) is 5.39. The molecule has 1 aromatic heterocycles. The number of aryl methyl sites for hydroxylation is 1. The number of aromatic amines is 1. The van der Waals surface area contributed by atoms with E-state index in [1.165, 1.54) is 32.9 Å². The van der Waals surface area contributed by atoms with Gasteiger partial charge in [0.15, 0.2) is 6.73 Å². The Balaban J connectivity index is 0.000000191. The molecule has 1 N–H and O–H groups in total. The number of hydrogen-bond donors (Lipinski definition) is 1. The number of nitrogens with zero attached hydrogens (tertiary/aromatic N) is 3. The van der Waals surface area contributed by atoms with Crippen LogP contribution in [0, 0.1) is 6.92 Å².